The Balaban J connectivity index is 1.58. The number of amides is 1. The molecule has 3 atom stereocenters. The van der Waals surface area contributed by atoms with Gasteiger partial charge in [-0.15, -0.1) is 11.3 Å². The highest BCUT2D eigenvalue weighted by Gasteiger charge is 2.26. The van der Waals surface area contributed by atoms with E-state index in [0.717, 1.165) is 45.7 Å². The summed E-state index contributed by atoms with van der Waals surface area (Å²) in [6, 6.07) is 2.26. The number of hydrogen-bond donors (Lipinski definition) is 1. The Hall–Kier alpha value is -1.22. The number of morpholine rings is 1. The molecular weight excluding hydrogens is 380 g/mol. The van der Waals surface area contributed by atoms with Gasteiger partial charge in [0.15, 0.2) is 5.13 Å². The minimum absolute atomic E-state index is 0.00389. The smallest absolute Gasteiger partial charge is 0.261 e. The number of ether oxygens (including phenoxy) is 1. The van der Waals surface area contributed by atoms with Gasteiger partial charge < -0.3 is 15.0 Å². The van der Waals surface area contributed by atoms with Crippen LogP contribution >= 0.6 is 22.7 Å². The van der Waals surface area contributed by atoms with Gasteiger partial charge in [-0.05, 0) is 40.7 Å². The first kappa shape index (κ1) is 20.5. The van der Waals surface area contributed by atoms with Crippen molar-refractivity contribution in [2.75, 3.05) is 37.6 Å². The molecule has 1 amide bonds. The lowest BCUT2D eigenvalue weighted by molar-refractivity contribution is -0.0778. The van der Waals surface area contributed by atoms with Gasteiger partial charge in [-0.2, -0.15) is 0 Å². The summed E-state index contributed by atoms with van der Waals surface area (Å²) in [5.74, 6) is -0.00389. The fourth-order valence-corrected chi connectivity index (χ4v) is 5.75. The molecule has 1 saturated heterocycles. The van der Waals surface area contributed by atoms with Gasteiger partial charge in [0, 0.05) is 38.8 Å². The average Bonchev–Trinajstić information content (AvgIpc) is 3.18. The van der Waals surface area contributed by atoms with E-state index in [2.05, 4.69) is 49.7 Å². The highest BCUT2D eigenvalue weighted by Crippen LogP contribution is 2.34. The third kappa shape index (κ3) is 4.80. The number of nitrogens with zero attached hydrogens (tertiary/aromatic N) is 3. The van der Waals surface area contributed by atoms with Crippen molar-refractivity contribution in [3.05, 3.63) is 10.9 Å². The standard InChI is InChI=1S/C19H30N4O2S2/c1-6-22(7-2)19-21-18-16(27-19)8-15(26-18)17(24)20-9-12(3)23-10-13(4)25-14(5)11-23/h8,12-14H,6-7,9-11H2,1-5H3,(H,20,24)/t12-,13-,14+/m1/s1. The summed E-state index contributed by atoms with van der Waals surface area (Å²) in [5, 5.41) is 4.13. The zero-order chi connectivity index (χ0) is 19.6. The van der Waals surface area contributed by atoms with Crippen molar-refractivity contribution in [2.45, 2.75) is 52.9 Å². The van der Waals surface area contributed by atoms with Gasteiger partial charge in [0.2, 0.25) is 0 Å². The molecule has 1 fully saturated rings. The topological polar surface area (TPSA) is 57.7 Å². The number of nitrogens with one attached hydrogen (secondary N) is 1. The van der Waals surface area contributed by atoms with Crippen LogP contribution in [0.3, 0.4) is 0 Å². The Kier molecular flexibility index (Phi) is 6.73. The van der Waals surface area contributed by atoms with Crippen LogP contribution in [0.4, 0.5) is 5.13 Å². The first-order chi connectivity index (χ1) is 12.9. The minimum atomic E-state index is -0.00389. The number of fused-ring (bicyclic) bond motifs is 1. The Morgan fingerprint density at radius 2 is 2.00 bits per heavy atom. The number of carbonyl (C=O) groups is 1. The molecule has 6 nitrogen and oxygen atoms in total. The second-order valence-corrected chi connectivity index (χ2v) is 9.26. The van der Waals surface area contributed by atoms with Gasteiger partial charge in [-0.3, -0.25) is 9.69 Å². The first-order valence-corrected chi connectivity index (χ1v) is 11.4. The van der Waals surface area contributed by atoms with Crippen LogP contribution in [0.15, 0.2) is 6.07 Å². The van der Waals surface area contributed by atoms with E-state index >= 15 is 0 Å². The minimum Gasteiger partial charge on any atom is -0.373 e. The fraction of sp³-hybridized carbons (Fsp3) is 0.684. The van der Waals surface area contributed by atoms with E-state index in [1.165, 1.54) is 11.3 Å². The normalized spacial score (nSPS) is 22.1. The summed E-state index contributed by atoms with van der Waals surface area (Å²) in [6.45, 7) is 15.0. The van der Waals surface area contributed by atoms with Crippen molar-refractivity contribution in [3.8, 4) is 0 Å². The molecule has 8 heteroatoms. The molecule has 3 heterocycles. The molecule has 0 spiro atoms. The van der Waals surface area contributed by atoms with Gasteiger partial charge in [0.25, 0.3) is 5.91 Å². The second kappa shape index (κ2) is 8.86. The zero-order valence-electron chi connectivity index (χ0n) is 16.8. The third-order valence-corrected chi connectivity index (χ3v) is 7.19. The van der Waals surface area contributed by atoms with Crippen LogP contribution in [0.25, 0.3) is 9.53 Å². The lowest BCUT2D eigenvalue weighted by atomic mass is 10.1. The molecule has 27 heavy (non-hydrogen) atoms. The lowest BCUT2D eigenvalue weighted by Gasteiger charge is -2.38. The molecular formula is C19H30N4O2S2. The number of carbonyl (C=O) groups excluding carboxylic acids is 1. The van der Waals surface area contributed by atoms with Crippen LogP contribution in [-0.4, -0.2) is 66.8 Å². The molecule has 150 valence electrons. The predicted molar refractivity (Wildman–Crippen MR) is 114 cm³/mol. The van der Waals surface area contributed by atoms with Crippen molar-refractivity contribution < 1.29 is 9.53 Å². The lowest BCUT2D eigenvalue weighted by Crippen LogP contribution is -2.52. The molecule has 1 N–H and O–H groups in total. The number of aromatic nitrogens is 1. The molecule has 0 bridgehead atoms. The Bertz CT molecular complexity index is 729. The van der Waals surface area contributed by atoms with Crippen LogP contribution in [0, 0.1) is 0 Å². The monoisotopic (exact) mass is 410 g/mol. The van der Waals surface area contributed by atoms with Crippen LogP contribution in [0.5, 0.6) is 0 Å². The molecule has 0 aliphatic carbocycles. The predicted octanol–water partition coefficient (Wildman–Crippen LogP) is 3.43. The third-order valence-electron chi connectivity index (χ3n) is 4.97. The molecule has 3 rings (SSSR count). The number of anilines is 1. The molecule has 0 aromatic carbocycles. The van der Waals surface area contributed by atoms with Gasteiger partial charge >= 0.3 is 0 Å². The van der Waals surface area contributed by atoms with Gasteiger partial charge in [0.1, 0.15) is 4.83 Å². The van der Waals surface area contributed by atoms with Crippen molar-refractivity contribution in [1.29, 1.82) is 0 Å². The van der Waals surface area contributed by atoms with Crippen molar-refractivity contribution in [2.24, 2.45) is 0 Å². The largest absolute Gasteiger partial charge is 0.373 e. The first-order valence-electron chi connectivity index (χ1n) is 9.74. The van der Waals surface area contributed by atoms with E-state index < -0.39 is 0 Å². The highest BCUT2D eigenvalue weighted by atomic mass is 32.1. The molecule has 2 aromatic rings. The summed E-state index contributed by atoms with van der Waals surface area (Å²) in [6.07, 6.45) is 0.476. The SMILES string of the molecule is CCN(CC)c1nc2sc(C(=O)NC[C@@H](C)N3C[C@@H](C)O[C@@H](C)C3)cc2s1. The summed E-state index contributed by atoms with van der Waals surface area (Å²) < 4.78 is 6.89. The van der Waals surface area contributed by atoms with Gasteiger partial charge in [-0.1, -0.05) is 11.3 Å². The van der Waals surface area contributed by atoms with E-state index in [4.69, 9.17) is 9.72 Å². The molecule has 0 unspecified atom stereocenters. The maximum absolute atomic E-state index is 12.6. The molecule has 1 aliphatic heterocycles. The van der Waals surface area contributed by atoms with E-state index in [9.17, 15) is 4.79 Å². The quantitative estimate of drug-likeness (QED) is 0.758. The Labute approximate surface area is 169 Å². The van der Waals surface area contributed by atoms with Crippen LogP contribution in [0.1, 0.15) is 44.3 Å². The Morgan fingerprint density at radius 1 is 1.33 bits per heavy atom. The average molecular weight is 411 g/mol. The van der Waals surface area contributed by atoms with Gasteiger partial charge in [-0.25, -0.2) is 4.98 Å². The second-order valence-electron chi connectivity index (χ2n) is 7.22. The molecule has 0 saturated carbocycles. The number of rotatable bonds is 7. The molecule has 2 aromatic heterocycles. The summed E-state index contributed by atoms with van der Waals surface area (Å²) in [5.41, 5.74) is 0. The van der Waals surface area contributed by atoms with Crippen LogP contribution in [0.2, 0.25) is 0 Å². The van der Waals surface area contributed by atoms with E-state index in [1.807, 2.05) is 6.07 Å². The zero-order valence-corrected chi connectivity index (χ0v) is 18.5. The summed E-state index contributed by atoms with van der Waals surface area (Å²) >= 11 is 3.14. The molecule has 0 radical (unpaired) electrons. The van der Waals surface area contributed by atoms with E-state index in [1.54, 1.807) is 11.3 Å². The van der Waals surface area contributed by atoms with E-state index in [-0.39, 0.29) is 24.2 Å². The van der Waals surface area contributed by atoms with Crippen LogP contribution < -0.4 is 10.2 Å². The van der Waals surface area contributed by atoms with E-state index in [0.29, 0.717) is 6.54 Å². The number of hydrogen-bond acceptors (Lipinski definition) is 7. The summed E-state index contributed by atoms with van der Waals surface area (Å²) in [7, 11) is 0. The summed E-state index contributed by atoms with van der Waals surface area (Å²) in [4.78, 5) is 23.6. The molecule has 1 aliphatic rings. The fourth-order valence-electron chi connectivity index (χ4n) is 3.50. The van der Waals surface area contributed by atoms with Crippen molar-refractivity contribution in [3.63, 3.8) is 0 Å². The van der Waals surface area contributed by atoms with Gasteiger partial charge in [0.05, 0.1) is 21.8 Å². The highest BCUT2D eigenvalue weighted by molar-refractivity contribution is 7.29. The van der Waals surface area contributed by atoms with Crippen molar-refractivity contribution >= 4 is 43.2 Å². The van der Waals surface area contributed by atoms with Crippen LogP contribution in [-0.2, 0) is 4.74 Å². The maximum Gasteiger partial charge on any atom is 0.261 e. The number of thiophene rings is 1. The Morgan fingerprint density at radius 3 is 2.59 bits per heavy atom. The van der Waals surface area contributed by atoms with Crippen molar-refractivity contribution in [1.82, 2.24) is 15.2 Å². The number of thiazole rings is 1. The maximum atomic E-state index is 12.6.